The molecule has 1 aliphatic heterocycles. The second kappa shape index (κ2) is 2.73. The summed E-state index contributed by atoms with van der Waals surface area (Å²) in [7, 11) is 0. The maximum absolute atomic E-state index is 10.5. The molecule has 1 heterocycles. The summed E-state index contributed by atoms with van der Waals surface area (Å²) in [6.45, 7) is 0.607. The van der Waals surface area contributed by atoms with E-state index in [-0.39, 0.29) is 12.8 Å². The Morgan fingerprint density at radius 3 is 2.77 bits per heavy atom. The van der Waals surface area contributed by atoms with E-state index in [1.54, 1.807) is 0 Å². The molecule has 4 nitrogen and oxygen atoms in total. The smallest absolute Gasteiger partial charge is 0.306 e. The molecule has 0 unspecified atom stereocenters. The minimum absolute atomic E-state index is 0.286. The van der Waals surface area contributed by atoms with Crippen LogP contribution in [0, 0.1) is 5.92 Å². The molecule has 2 N–H and O–H groups in total. The van der Waals surface area contributed by atoms with E-state index < -0.39 is 17.5 Å². The minimum atomic E-state index is -0.987. The van der Waals surface area contributed by atoms with Gasteiger partial charge in [0.2, 0.25) is 0 Å². The highest BCUT2D eigenvalue weighted by Gasteiger charge is 2.50. The van der Waals surface area contributed by atoms with Crippen molar-refractivity contribution in [2.24, 2.45) is 5.92 Å². The van der Waals surface area contributed by atoms with E-state index in [2.05, 4.69) is 0 Å². The summed E-state index contributed by atoms with van der Waals surface area (Å²) < 4.78 is 5.21. The predicted molar refractivity (Wildman–Crippen MR) is 44.0 cm³/mol. The van der Waals surface area contributed by atoms with Crippen molar-refractivity contribution in [2.45, 2.75) is 24.9 Å². The predicted octanol–water partition coefficient (Wildman–Crippen LogP) is 0.516. The molecule has 0 spiro atoms. The van der Waals surface area contributed by atoms with Crippen LogP contribution in [0.3, 0.4) is 0 Å². The van der Waals surface area contributed by atoms with Gasteiger partial charge >= 0.3 is 5.97 Å². The van der Waals surface area contributed by atoms with Gasteiger partial charge in [0.15, 0.2) is 0 Å². The maximum Gasteiger partial charge on any atom is 0.306 e. The average molecular weight is 184 g/mol. The summed E-state index contributed by atoms with van der Waals surface area (Å²) in [5.74, 6) is -0.664. The molecule has 0 atom stereocenters. The number of carboxylic acids is 1. The molecule has 0 amide bonds. The first-order valence-corrected chi connectivity index (χ1v) is 4.40. The molecule has 1 saturated carbocycles. The van der Waals surface area contributed by atoms with E-state index in [1.165, 1.54) is 0 Å². The van der Waals surface area contributed by atoms with Crippen LogP contribution in [0.4, 0.5) is 0 Å². The Morgan fingerprint density at radius 1 is 1.62 bits per heavy atom. The lowest BCUT2D eigenvalue weighted by molar-refractivity contribution is -0.157. The summed E-state index contributed by atoms with van der Waals surface area (Å²) >= 11 is 0. The number of hydrogen-bond donors (Lipinski definition) is 2. The first kappa shape index (κ1) is 8.56. The molecular formula is C9H12O4. The van der Waals surface area contributed by atoms with Gasteiger partial charge in [0.1, 0.15) is 11.4 Å². The van der Waals surface area contributed by atoms with Gasteiger partial charge in [0.25, 0.3) is 0 Å². The van der Waals surface area contributed by atoms with Crippen LogP contribution in [-0.4, -0.2) is 28.4 Å². The molecule has 0 saturated heterocycles. The van der Waals surface area contributed by atoms with Crippen LogP contribution < -0.4 is 0 Å². The molecular weight excluding hydrogens is 172 g/mol. The molecule has 2 rings (SSSR count). The topological polar surface area (TPSA) is 66.8 Å². The molecule has 1 aliphatic carbocycles. The van der Waals surface area contributed by atoms with E-state index in [4.69, 9.17) is 9.84 Å². The van der Waals surface area contributed by atoms with Crippen LogP contribution in [0.5, 0.6) is 0 Å². The van der Waals surface area contributed by atoms with Crippen molar-refractivity contribution in [1.82, 2.24) is 0 Å². The normalized spacial score (nSPS) is 37.6. The van der Waals surface area contributed by atoms with Gasteiger partial charge in [-0.25, -0.2) is 0 Å². The number of carboxylic acid groups (broad SMARTS) is 1. The third-order valence-electron chi connectivity index (χ3n) is 2.68. The Bertz CT molecular complexity index is 263. The lowest BCUT2D eigenvalue weighted by atomic mass is 9.70. The first-order valence-electron chi connectivity index (χ1n) is 4.40. The summed E-state index contributed by atoms with van der Waals surface area (Å²) in [5, 5.41) is 18.5. The van der Waals surface area contributed by atoms with Gasteiger partial charge in [-0.15, -0.1) is 0 Å². The molecule has 0 aromatic heterocycles. The molecule has 1 fully saturated rings. The van der Waals surface area contributed by atoms with E-state index in [0.29, 0.717) is 12.4 Å². The van der Waals surface area contributed by atoms with Crippen molar-refractivity contribution >= 4 is 5.97 Å². The second-order valence-corrected chi connectivity index (χ2v) is 3.68. The number of ether oxygens (including phenoxy) is 1. The zero-order valence-electron chi connectivity index (χ0n) is 7.19. The van der Waals surface area contributed by atoms with E-state index in [9.17, 15) is 9.90 Å². The minimum Gasteiger partial charge on any atom is -0.495 e. The third kappa shape index (κ3) is 1.31. The van der Waals surface area contributed by atoms with Gasteiger partial charge < -0.3 is 14.9 Å². The zero-order valence-corrected chi connectivity index (χ0v) is 7.19. The first-order chi connectivity index (χ1) is 6.12. The lowest BCUT2D eigenvalue weighted by Crippen LogP contribution is -2.48. The summed E-state index contributed by atoms with van der Waals surface area (Å²) in [5.41, 5.74) is -0.987. The molecule has 72 valence electrons. The summed E-state index contributed by atoms with van der Waals surface area (Å²) in [6, 6.07) is 0. The van der Waals surface area contributed by atoms with Crippen molar-refractivity contribution in [3.05, 3.63) is 11.8 Å². The van der Waals surface area contributed by atoms with E-state index in [1.807, 2.05) is 6.08 Å². The Balaban J connectivity index is 1.98. The molecule has 0 radical (unpaired) electrons. The van der Waals surface area contributed by atoms with Gasteiger partial charge in [-0.3, -0.25) is 4.79 Å². The van der Waals surface area contributed by atoms with E-state index >= 15 is 0 Å². The van der Waals surface area contributed by atoms with Crippen molar-refractivity contribution in [3.8, 4) is 0 Å². The van der Waals surface area contributed by atoms with E-state index in [0.717, 1.165) is 6.42 Å². The summed E-state index contributed by atoms with van der Waals surface area (Å²) in [4.78, 5) is 10.5. The Labute approximate surface area is 75.8 Å². The number of rotatable bonds is 2. The fraction of sp³-hybridized carbons (Fsp3) is 0.667. The van der Waals surface area contributed by atoms with Gasteiger partial charge in [0, 0.05) is 6.42 Å². The largest absolute Gasteiger partial charge is 0.495 e. The molecule has 0 bridgehead atoms. The fourth-order valence-corrected chi connectivity index (χ4v) is 1.87. The SMILES string of the molecule is O=C(O)C1CC(O)(C2=CCCO2)C1. The van der Waals surface area contributed by atoms with Gasteiger partial charge in [-0.1, -0.05) is 0 Å². The monoisotopic (exact) mass is 184 g/mol. The highest BCUT2D eigenvalue weighted by molar-refractivity contribution is 5.72. The van der Waals surface area contributed by atoms with Crippen molar-refractivity contribution < 1.29 is 19.7 Å². The fourth-order valence-electron chi connectivity index (χ4n) is 1.87. The summed E-state index contributed by atoms with van der Waals surface area (Å²) in [6.07, 6.45) is 3.23. The van der Waals surface area contributed by atoms with Crippen molar-refractivity contribution in [3.63, 3.8) is 0 Å². The number of hydrogen-bond acceptors (Lipinski definition) is 3. The lowest BCUT2D eigenvalue weighted by Gasteiger charge is -2.41. The van der Waals surface area contributed by atoms with Crippen LogP contribution in [0.1, 0.15) is 19.3 Å². The van der Waals surface area contributed by atoms with Crippen LogP contribution in [0.25, 0.3) is 0 Å². The second-order valence-electron chi connectivity index (χ2n) is 3.68. The molecule has 4 heteroatoms. The number of carbonyl (C=O) groups is 1. The maximum atomic E-state index is 10.5. The van der Waals surface area contributed by atoms with Gasteiger partial charge in [-0.05, 0) is 18.9 Å². The Kier molecular flexibility index (Phi) is 1.80. The van der Waals surface area contributed by atoms with Crippen LogP contribution in [0.15, 0.2) is 11.8 Å². The Morgan fingerprint density at radius 2 is 2.31 bits per heavy atom. The quantitative estimate of drug-likeness (QED) is 0.656. The van der Waals surface area contributed by atoms with Crippen LogP contribution in [-0.2, 0) is 9.53 Å². The number of aliphatic hydroxyl groups is 1. The molecule has 13 heavy (non-hydrogen) atoms. The molecule has 2 aliphatic rings. The highest BCUT2D eigenvalue weighted by Crippen LogP contribution is 2.44. The Hall–Kier alpha value is -1.03. The van der Waals surface area contributed by atoms with Crippen molar-refractivity contribution in [2.75, 3.05) is 6.61 Å². The van der Waals surface area contributed by atoms with Gasteiger partial charge in [-0.2, -0.15) is 0 Å². The average Bonchev–Trinajstić information content (AvgIpc) is 2.49. The van der Waals surface area contributed by atoms with Gasteiger partial charge in [0.05, 0.1) is 12.5 Å². The highest BCUT2D eigenvalue weighted by atomic mass is 16.5. The zero-order chi connectivity index (χ0) is 9.47. The van der Waals surface area contributed by atoms with Crippen molar-refractivity contribution in [1.29, 1.82) is 0 Å². The van der Waals surface area contributed by atoms with Crippen LogP contribution >= 0.6 is 0 Å². The van der Waals surface area contributed by atoms with Crippen LogP contribution in [0.2, 0.25) is 0 Å². The number of aliphatic carboxylic acids is 1. The third-order valence-corrected chi connectivity index (χ3v) is 2.68. The molecule has 0 aromatic carbocycles. The molecule has 0 aromatic rings. The standard InChI is InChI=1S/C9H12O4/c10-8(11)6-4-9(12,5-6)7-2-1-3-13-7/h2,6,12H,1,3-5H2,(H,10,11).